The van der Waals surface area contributed by atoms with Crippen molar-refractivity contribution < 1.29 is 14.6 Å². The minimum Gasteiger partial charge on any atom is -0.481 e. The Morgan fingerprint density at radius 3 is 2.81 bits per heavy atom. The van der Waals surface area contributed by atoms with Gasteiger partial charge in [0, 0.05) is 14.2 Å². The number of imidazole rings is 1. The standard InChI is InChI=1S/C13H20N4O3S/c1-5-9(6-20-4)17-12-11(8(2)15-16(12)3)14-13(17)21-7-10(18)19/h9H,5-7H2,1-4H3,(H,18,19). The zero-order valence-corrected chi connectivity index (χ0v) is 13.5. The molecule has 2 aromatic rings. The lowest BCUT2D eigenvalue weighted by molar-refractivity contribution is -0.133. The highest BCUT2D eigenvalue weighted by molar-refractivity contribution is 7.99. The second-order valence-electron chi connectivity index (χ2n) is 4.85. The lowest BCUT2D eigenvalue weighted by atomic mass is 10.2. The predicted molar refractivity (Wildman–Crippen MR) is 80.8 cm³/mol. The number of carbonyl (C=O) groups is 1. The summed E-state index contributed by atoms with van der Waals surface area (Å²) in [4.78, 5) is 15.4. The summed E-state index contributed by atoms with van der Waals surface area (Å²) in [5.41, 5.74) is 2.57. The Morgan fingerprint density at radius 1 is 1.52 bits per heavy atom. The van der Waals surface area contributed by atoms with Crippen LogP contribution in [0.1, 0.15) is 25.1 Å². The summed E-state index contributed by atoms with van der Waals surface area (Å²) in [7, 11) is 3.54. The first kappa shape index (κ1) is 15.8. The summed E-state index contributed by atoms with van der Waals surface area (Å²) in [6, 6.07) is 0.103. The van der Waals surface area contributed by atoms with Crippen LogP contribution in [0.25, 0.3) is 11.2 Å². The Morgan fingerprint density at radius 2 is 2.24 bits per heavy atom. The Labute approximate surface area is 127 Å². The molecule has 2 heterocycles. The number of carboxylic acid groups (broad SMARTS) is 1. The molecule has 8 heteroatoms. The summed E-state index contributed by atoms with van der Waals surface area (Å²) in [6.45, 7) is 4.53. The number of rotatable bonds is 7. The molecule has 116 valence electrons. The third kappa shape index (κ3) is 3.06. The average Bonchev–Trinajstić information content (AvgIpc) is 2.93. The third-order valence-electron chi connectivity index (χ3n) is 3.32. The molecule has 1 atom stereocenters. The first-order chi connectivity index (χ1) is 9.99. The van der Waals surface area contributed by atoms with Crippen LogP contribution in [-0.2, 0) is 16.6 Å². The molecule has 0 saturated carbocycles. The topological polar surface area (TPSA) is 82.2 Å². The minimum atomic E-state index is -0.853. The summed E-state index contributed by atoms with van der Waals surface area (Å²) in [6.07, 6.45) is 0.865. The molecule has 0 aliphatic carbocycles. The number of thioether (sulfide) groups is 1. The first-order valence-electron chi connectivity index (χ1n) is 6.74. The van der Waals surface area contributed by atoms with Gasteiger partial charge in [-0.15, -0.1) is 0 Å². The summed E-state index contributed by atoms with van der Waals surface area (Å²) in [5.74, 6) is -0.868. The van der Waals surface area contributed by atoms with Gasteiger partial charge in [-0.2, -0.15) is 5.10 Å². The van der Waals surface area contributed by atoms with E-state index in [-0.39, 0.29) is 11.8 Å². The number of hydrogen-bond acceptors (Lipinski definition) is 5. The predicted octanol–water partition coefficient (Wildman–Crippen LogP) is 1.85. The second-order valence-corrected chi connectivity index (χ2v) is 5.79. The van der Waals surface area contributed by atoms with Crippen molar-refractivity contribution in [2.75, 3.05) is 19.5 Å². The van der Waals surface area contributed by atoms with Crippen molar-refractivity contribution in [2.24, 2.45) is 7.05 Å². The van der Waals surface area contributed by atoms with Crippen LogP contribution in [0, 0.1) is 6.92 Å². The molecule has 7 nitrogen and oxygen atoms in total. The average molecular weight is 312 g/mol. The fraction of sp³-hybridized carbons (Fsp3) is 0.615. The molecule has 0 amide bonds. The van der Waals surface area contributed by atoms with Crippen molar-refractivity contribution in [1.82, 2.24) is 19.3 Å². The zero-order valence-electron chi connectivity index (χ0n) is 12.7. The molecule has 2 aromatic heterocycles. The number of methoxy groups -OCH3 is 1. The van der Waals surface area contributed by atoms with Gasteiger partial charge in [0.25, 0.3) is 0 Å². The Bertz CT molecular complexity index is 649. The number of aryl methyl sites for hydroxylation is 2. The van der Waals surface area contributed by atoms with Crippen molar-refractivity contribution in [3.8, 4) is 0 Å². The molecule has 0 spiro atoms. The van der Waals surface area contributed by atoms with Gasteiger partial charge in [-0.1, -0.05) is 18.7 Å². The van der Waals surface area contributed by atoms with Crippen LogP contribution in [0.15, 0.2) is 5.16 Å². The minimum absolute atomic E-state index is 0.0147. The molecule has 2 rings (SSSR count). The molecule has 21 heavy (non-hydrogen) atoms. The maximum absolute atomic E-state index is 10.8. The van der Waals surface area contributed by atoms with Gasteiger partial charge in [0.15, 0.2) is 10.8 Å². The highest BCUT2D eigenvalue weighted by Gasteiger charge is 2.23. The third-order valence-corrected chi connectivity index (χ3v) is 4.26. The Balaban J connectivity index is 2.54. The van der Waals surface area contributed by atoms with Crippen LogP contribution in [0.4, 0.5) is 0 Å². The van der Waals surface area contributed by atoms with Crippen LogP contribution in [0.2, 0.25) is 0 Å². The molecule has 0 saturated heterocycles. The normalized spacial score (nSPS) is 13.0. The van der Waals surface area contributed by atoms with Crippen molar-refractivity contribution in [3.05, 3.63) is 5.69 Å². The number of fused-ring (bicyclic) bond motifs is 1. The quantitative estimate of drug-likeness (QED) is 0.786. The number of nitrogens with zero attached hydrogens (tertiary/aromatic N) is 4. The molecule has 0 aromatic carbocycles. The first-order valence-corrected chi connectivity index (χ1v) is 7.73. The van der Waals surface area contributed by atoms with Gasteiger partial charge < -0.3 is 9.84 Å². The number of aromatic nitrogens is 4. The highest BCUT2D eigenvalue weighted by atomic mass is 32.2. The smallest absolute Gasteiger partial charge is 0.313 e. The molecule has 0 bridgehead atoms. The van der Waals surface area contributed by atoms with E-state index in [1.54, 1.807) is 11.8 Å². The van der Waals surface area contributed by atoms with E-state index in [4.69, 9.17) is 9.84 Å². The SMILES string of the molecule is CCC(COC)n1c(SCC(=O)O)nc2c(C)nn(C)c21. The van der Waals surface area contributed by atoms with E-state index in [1.807, 2.05) is 18.5 Å². The van der Waals surface area contributed by atoms with Crippen LogP contribution in [-0.4, -0.2) is 49.9 Å². The van der Waals surface area contributed by atoms with E-state index in [2.05, 4.69) is 17.0 Å². The Kier molecular flexibility index (Phi) is 4.89. The summed E-state index contributed by atoms with van der Waals surface area (Å²) >= 11 is 1.23. The molecule has 1 unspecified atom stereocenters. The van der Waals surface area contributed by atoms with Crippen molar-refractivity contribution in [2.45, 2.75) is 31.5 Å². The van der Waals surface area contributed by atoms with Gasteiger partial charge in [0.2, 0.25) is 0 Å². The second kappa shape index (κ2) is 6.48. The van der Waals surface area contributed by atoms with Gasteiger partial charge >= 0.3 is 5.97 Å². The van der Waals surface area contributed by atoms with E-state index in [0.717, 1.165) is 23.3 Å². The van der Waals surface area contributed by atoms with E-state index in [0.29, 0.717) is 11.8 Å². The Hall–Kier alpha value is -1.54. The summed E-state index contributed by atoms with van der Waals surface area (Å²) < 4.78 is 9.13. The van der Waals surface area contributed by atoms with Gasteiger partial charge in [0.05, 0.1) is 24.1 Å². The molecule has 0 fully saturated rings. The highest BCUT2D eigenvalue weighted by Crippen LogP contribution is 2.30. The van der Waals surface area contributed by atoms with E-state index in [9.17, 15) is 4.79 Å². The maximum Gasteiger partial charge on any atom is 0.313 e. The molecule has 0 aliphatic heterocycles. The fourth-order valence-electron chi connectivity index (χ4n) is 2.40. The van der Waals surface area contributed by atoms with Crippen molar-refractivity contribution in [1.29, 1.82) is 0 Å². The van der Waals surface area contributed by atoms with Gasteiger partial charge in [-0.05, 0) is 13.3 Å². The lowest BCUT2D eigenvalue weighted by Gasteiger charge is -2.19. The van der Waals surface area contributed by atoms with Crippen molar-refractivity contribution >= 4 is 28.9 Å². The van der Waals surface area contributed by atoms with E-state index >= 15 is 0 Å². The summed E-state index contributed by atoms with van der Waals surface area (Å²) in [5, 5.41) is 14.0. The lowest BCUT2D eigenvalue weighted by Crippen LogP contribution is -2.17. The monoisotopic (exact) mass is 312 g/mol. The van der Waals surface area contributed by atoms with Crippen LogP contribution in [0.3, 0.4) is 0 Å². The molecule has 0 aliphatic rings. The van der Waals surface area contributed by atoms with E-state index < -0.39 is 5.97 Å². The number of ether oxygens (including phenoxy) is 1. The van der Waals surface area contributed by atoms with Crippen LogP contribution in [0.5, 0.6) is 0 Å². The fourth-order valence-corrected chi connectivity index (χ4v) is 3.18. The maximum atomic E-state index is 10.8. The molecule has 0 radical (unpaired) electrons. The number of hydrogen-bond donors (Lipinski definition) is 1. The van der Waals surface area contributed by atoms with Gasteiger partial charge in [0.1, 0.15) is 5.52 Å². The van der Waals surface area contributed by atoms with Crippen LogP contribution < -0.4 is 0 Å². The van der Waals surface area contributed by atoms with Crippen molar-refractivity contribution in [3.63, 3.8) is 0 Å². The van der Waals surface area contributed by atoms with Crippen LogP contribution >= 0.6 is 11.8 Å². The van der Waals surface area contributed by atoms with E-state index in [1.165, 1.54) is 11.8 Å². The molecule has 1 N–H and O–H groups in total. The zero-order chi connectivity index (χ0) is 15.6. The number of carboxylic acids is 1. The molecular weight excluding hydrogens is 292 g/mol. The number of aliphatic carboxylic acids is 1. The van der Waals surface area contributed by atoms with Gasteiger partial charge in [-0.25, -0.2) is 4.98 Å². The van der Waals surface area contributed by atoms with Gasteiger partial charge in [-0.3, -0.25) is 14.0 Å². The molecular formula is C13H20N4O3S. The largest absolute Gasteiger partial charge is 0.481 e.